The van der Waals surface area contributed by atoms with Gasteiger partial charge in [-0.1, -0.05) is 22.6 Å². The zero-order valence-corrected chi connectivity index (χ0v) is 22.2. The number of hydroxylamine groups is 2. The highest BCUT2D eigenvalue weighted by atomic mass is 127. The molecule has 2 heterocycles. The maximum Gasteiger partial charge on any atom is 0.321 e. The molecule has 4 rings (SSSR count). The van der Waals surface area contributed by atoms with Gasteiger partial charge in [-0.15, -0.1) is 0 Å². The lowest BCUT2D eigenvalue weighted by Gasteiger charge is -2.51. The predicted molar refractivity (Wildman–Crippen MR) is 122 cm³/mol. The molecule has 6 atom stereocenters. The minimum absolute atomic E-state index is 0.384. The molecule has 2 aliphatic carbocycles. The lowest BCUT2D eigenvalue weighted by molar-refractivity contribution is -0.260. The third-order valence-electron chi connectivity index (χ3n) is 7.41. The molecule has 0 aromatic heterocycles. The molecule has 0 amide bonds. The number of rotatable bonds is 4. The first-order chi connectivity index (χ1) is 14.5. The summed E-state index contributed by atoms with van der Waals surface area (Å²) in [6, 6.07) is 0. The number of esters is 2. The number of fused-ring (bicyclic) bond motifs is 1. The van der Waals surface area contributed by atoms with Gasteiger partial charge in [0.25, 0.3) is 10.1 Å². The van der Waals surface area contributed by atoms with Crippen molar-refractivity contribution in [3.8, 4) is 0 Å². The summed E-state index contributed by atoms with van der Waals surface area (Å²) < 4.78 is 41.6. The summed E-state index contributed by atoms with van der Waals surface area (Å²) in [6.07, 6.45) is -0.725. The molecule has 6 unspecified atom stereocenters. The number of halogens is 1. The van der Waals surface area contributed by atoms with E-state index >= 15 is 0 Å². The van der Waals surface area contributed by atoms with E-state index in [4.69, 9.17) is 13.7 Å². The van der Waals surface area contributed by atoms with Gasteiger partial charge in [-0.25, -0.2) is 0 Å². The van der Waals surface area contributed by atoms with Crippen LogP contribution in [0.1, 0.15) is 60.8 Å². The molecule has 2 saturated carbocycles. The molecule has 2 bridgehead atoms. The first-order valence-corrected chi connectivity index (χ1v) is 13.5. The Hall–Kier alpha value is -0.500. The Morgan fingerprint density at radius 1 is 1.09 bits per heavy atom. The number of carbonyl (C=O) groups excluding carboxylic acids is 2. The van der Waals surface area contributed by atoms with Gasteiger partial charge >= 0.3 is 11.9 Å². The van der Waals surface area contributed by atoms with Gasteiger partial charge in [-0.05, 0) is 48.0 Å². The first-order valence-electron chi connectivity index (χ1n) is 11.0. The van der Waals surface area contributed by atoms with Crippen LogP contribution in [0, 0.1) is 17.8 Å². The Morgan fingerprint density at radius 3 is 2.19 bits per heavy atom. The van der Waals surface area contributed by atoms with E-state index in [9.17, 15) is 23.2 Å². The molecule has 0 aromatic rings. The second kappa shape index (κ2) is 7.50. The van der Waals surface area contributed by atoms with Crippen LogP contribution in [0.3, 0.4) is 0 Å². The minimum Gasteiger partial charge on any atom is -0.462 e. The Bertz CT molecular complexity index is 909. The van der Waals surface area contributed by atoms with E-state index in [0.717, 1.165) is 0 Å². The highest BCUT2D eigenvalue weighted by Crippen LogP contribution is 2.59. The number of piperidine rings is 1. The molecule has 0 radical (unpaired) electrons. The lowest BCUT2D eigenvalue weighted by atomic mass is 9.80. The third-order valence-corrected chi connectivity index (χ3v) is 9.65. The molecule has 2 saturated heterocycles. The van der Waals surface area contributed by atoms with Gasteiger partial charge in [0.1, 0.15) is 27.0 Å². The van der Waals surface area contributed by atoms with E-state index in [0.29, 0.717) is 19.3 Å². The van der Waals surface area contributed by atoms with Crippen LogP contribution in [0.15, 0.2) is 0 Å². The maximum atomic E-state index is 13.4. The zero-order valence-electron chi connectivity index (χ0n) is 19.2. The van der Waals surface area contributed by atoms with Crippen molar-refractivity contribution in [3.05, 3.63) is 0 Å². The van der Waals surface area contributed by atoms with Crippen LogP contribution in [-0.4, -0.2) is 68.7 Å². The van der Waals surface area contributed by atoms with Crippen molar-refractivity contribution in [3.63, 3.8) is 0 Å². The van der Waals surface area contributed by atoms with Crippen molar-refractivity contribution < 1.29 is 36.9 Å². The third kappa shape index (κ3) is 3.89. The van der Waals surface area contributed by atoms with E-state index in [1.807, 2.05) is 50.3 Å². The van der Waals surface area contributed by atoms with Gasteiger partial charge in [-0.2, -0.15) is 13.5 Å². The smallest absolute Gasteiger partial charge is 0.321 e. The van der Waals surface area contributed by atoms with E-state index in [1.54, 1.807) is 13.8 Å². The molecule has 2 aliphatic heterocycles. The first kappa shape index (κ1) is 24.6. The standard InChI is InChI=1S/C21H32INO8S/c1-19(2)8-10(9-20(3,4)23(19)26)29-17(24)13-11-7-12-15(31-32(27,28)16(12)13)14(11)30-18(25)21(5,6)22/h10-16,26H,7-9H2,1-6H3. The average Bonchev–Trinajstić information content (AvgIpc) is 3.20. The number of ether oxygens (including phenoxy) is 2. The second-order valence-corrected chi connectivity index (χ2v) is 15.8. The number of alkyl halides is 1. The Balaban J connectivity index is 1.56. The summed E-state index contributed by atoms with van der Waals surface area (Å²) in [4.78, 5) is 25.9. The molecule has 0 aromatic carbocycles. The summed E-state index contributed by atoms with van der Waals surface area (Å²) in [5.41, 5.74) is -1.22. The molecule has 9 nitrogen and oxygen atoms in total. The van der Waals surface area contributed by atoms with E-state index in [-0.39, 0.29) is 5.92 Å². The molecule has 1 N–H and O–H groups in total. The van der Waals surface area contributed by atoms with Crippen molar-refractivity contribution in [2.45, 2.75) is 98.9 Å². The van der Waals surface area contributed by atoms with Crippen molar-refractivity contribution in [2.75, 3.05) is 0 Å². The second-order valence-electron chi connectivity index (χ2n) is 11.4. The maximum absolute atomic E-state index is 13.4. The molecular formula is C21H32INO8S. The van der Waals surface area contributed by atoms with Crippen LogP contribution in [0.4, 0.5) is 0 Å². The van der Waals surface area contributed by atoms with Crippen LogP contribution in [-0.2, 0) is 33.4 Å². The summed E-state index contributed by atoms with van der Waals surface area (Å²) in [5.74, 6) is -2.83. The number of hydrogen-bond donors (Lipinski definition) is 1. The summed E-state index contributed by atoms with van der Waals surface area (Å²) >= 11 is 1.97. The van der Waals surface area contributed by atoms with Gasteiger partial charge in [0.15, 0.2) is 0 Å². The number of carbonyl (C=O) groups is 2. The van der Waals surface area contributed by atoms with E-state index < -0.39 is 72.0 Å². The predicted octanol–water partition coefficient (Wildman–Crippen LogP) is 2.43. The molecule has 11 heteroatoms. The normalized spacial score (nSPS) is 39.8. The van der Waals surface area contributed by atoms with Gasteiger partial charge in [0.05, 0.1) is 5.92 Å². The van der Waals surface area contributed by atoms with Gasteiger partial charge in [0.2, 0.25) is 0 Å². The van der Waals surface area contributed by atoms with Crippen molar-refractivity contribution >= 4 is 44.6 Å². The van der Waals surface area contributed by atoms with Gasteiger partial charge in [0, 0.05) is 35.8 Å². The van der Waals surface area contributed by atoms with Crippen LogP contribution in [0.5, 0.6) is 0 Å². The van der Waals surface area contributed by atoms with E-state index in [1.165, 1.54) is 5.06 Å². The summed E-state index contributed by atoms with van der Waals surface area (Å²) in [5, 5.41) is 10.8. The molecule has 32 heavy (non-hydrogen) atoms. The average molecular weight is 585 g/mol. The fourth-order valence-electron chi connectivity index (χ4n) is 6.22. The fraction of sp³-hybridized carbons (Fsp3) is 0.905. The summed E-state index contributed by atoms with van der Waals surface area (Å²) in [6.45, 7) is 10.9. The Morgan fingerprint density at radius 2 is 1.66 bits per heavy atom. The van der Waals surface area contributed by atoms with Crippen LogP contribution < -0.4 is 0 Å². The Kier molecular flexibility index (Phi) is 5.77. The molecule has 4 aliphatic rings. The molecular weight excluding hydrogens is 553 g/mol. The van der Waals surface area contributed by atoms with Gasteiger partial charge in [-0.3, -0.25) is 13.8 Å². The lowest BCUT2D eigenvalue weighted by Crippen LogP contribution is -2.61. The van der Waals surface area contributed by atoms with Crippen LogP contribution in [0.25, 0.3) is 0 Å². The van der Waals surface area contributed by atoms with Crippen molar-refractivity contribution in [1.82, 2.24) is 5.06 Å². The minimum atomic E-state index is -3.97. The Labute approximate surface area is 202 Å². The molecule has 4 fully saturated rings. The summed E-state index contributed by atoms with van der Waals surface area (Å²) in [7, 11) is -3.97. The molecule has 0 spiro atoms. The zero-order chi connectivity index (χ0) is 24.0. The topological polar surface area (TPSA) is 119 Å². The highest BCUT2D eigenvalue weighted by molar-refractivity contribution is 14.1. The van der Waals surface area contributed by atoms with Crippen LogP contribution in [0.2, 0.25) is 0 Å². The van der Waals surface area contributed by atoms with Crippen LogP contribution >= 0.6 is 22.6 Å². The van der Waals surface area contributed by atoms with Gasteiger partial charge < -0.3 is 14.7 Å². The fourth-order valence-corrected chi connectivity index (χ4v) is 8.41. The highest BCUT2D eigenvalue weighted by Gasteiger charge is 2.72. The van der Waals surface area contributed by atoms with Crippen molar-refractivity contribution in [2.24, 2.45) is 17.8 Å². The largest absolute Gasteiger partial charge is 0.462 e. The SMILES string of the molecule is CC(C)(I)C(=O)OC1C2CC3C1OS(=O)(=O)C3C2C(=O)OC1CC(C)(C)N(O)C(C)(C)C1. The van der Waals surface area contributed by atoms with E-state index in [2.05, 4.69) is 0 Å². The number of hydrogen-bond acceptors (Lipinski definition) is 9. The monoisotopic (exact) mass is 585 g/mol. The number of nitrogens with zero attached hydrogens (tertiary/aromatic N) is 1. The van der Waals surface area contributed by atoms with Crippen molar-refractivity contribution in [1.29, 1.82) is 0 Å². The molecule has 182 valence electrons. The quantitative estimate of drug-likeness (QED) is 0.230.